The molecular weight excluding hydrogens is 266 g/mol. The van der Waals surface area contributed by atoms with Crippen LogP contribution in [0.15, 0.2) is 29.2 Å². The SMILES string of the molecule is CS(=O)(=O)c1ccc(C(=O)NC[C@H]2CCOC2)cc1. The van der Waals surface area contributed by atoms with Crippen molar-refractivity contribution in [2.45, 2.75) is 11.3 Å². The summed E-state index contributed by atoms with van der Waals surface area (Å²) in [5.41, 5.74) is 0.464. The third-order valence-electron chi connectivity index (χ3n) is 3.12. The lowest BCUT2D eigenvalue weighted by atomic mass is 10.1. The Morgan fingerprint density at radius 3 is 2.58 bits per heavy atom. The highest BCUT2D eigenvalue weighted by Gasteiger charge is 2.17. The van der Waals surface area contributed by atoms with Gasteiger partial charge in [-0.2, -0.15) is 0 Å². The van der Waals surface area contributed by atoms with Gasteiger partial charge in [0.2, 0.25) is 0 Å². The molecule has 104 valence electrons. The molecule has 1 atom stereocenters. The second-order valence-electron chi connectivity index (χ2n) is 4.74. The van der Waals surface area contributed by atoms with Crippen LogP contribution >= 0.6 is 0 Å². The number of hydrogen-bond donors (Lipinski definition) is 1. The molecule has 5 nitrogen and oxygen atoms in total. The third-order valence-corrected chi connectivity index (χ3v) is 4.25. The first-order valence-electron chi connectivity index (χ1n) is 6.13. The van der Waals surface area contributed by atoms with Gasteiger partial charge in [0, 0.05) is 30.9 Å². The van der Waals surface area contributed by atoms with Crippen LogP contribution in [0, 0.1) is 5.92 Å². The van der Waals surface area contributed by atoms with Gasteiger partial charge in [0.1, 0.15) is 0 Å². The van der Waals surface area contributed by atoms with Gasteiger partial charge in [-0.1, -0.05) is 0 Å². The highest BCUT2D eigenvalue weighted by Crippen LogP contribution is 2.12. The maximum Gasteiger partial charge on any atom is 0.251 e. The van der Waals surface area contributed by atoms with Crippen molar-refractivity contribution in [3.05, 3.63) is 29.8 Å². The largest absolute Gasteiger partial charge is 0.381 e. The van der Waals surface area contributed by atoms with E-state index in [2.05, 4.69) is 5.32 Å². The first-order valence-corrected chi connectivity index (χ1v) is 8.02. The molecule has 0 aliphatic carbocycles. The minimum atomic E-state index is -3.22. The molecule has 0 unspecified atom stereocenters. The Balaban J connectivity index is 1.95. The fourth-order valence-electron chi connectivity index (χ4n) is 1.94. The van der Waals surface area contributed by atoms with Crippen molar-refractivity contribution in [1.82, 2.24) is 5.32 Å². The van der Waals surface area contributed by atoms with Crippen molar-refractivity contribution in [1.29, 1.82) is 0 Å². The molecule has 1 aliphatic heterocycles. The minimum Gasteiger partial charge on any atom is -0.381 e. The predicted octanol–water partition coefficient (Wildman–Crippen LogP) is 0.856. The smallest absolute Gasteiger partial charge is 0.251 e. The lowest BCUT2D eigenvalue weighted by Crippen LogP contribution is -2.29. The second-order valence-corrected chi connectivity index (χ2v) is 6.75. The van der Waals surface area contributed by atoms with Crippen molar-refractivity contribution in [2.75, 3.05) is 26.0 Å². The summed E-state index contributed by atoms with van der Waals surface area (Å²) in [6.07, 6.45) is 2.11. The number of sulfone groups is 1. The van der Waals surface area contributed by atoms with Gasteiger partial charge in [-0.15, -0.1) is 0 Å². The highest BCUT2D eigenvalue weighted by molar-refractivity contribution is 7.90. The molecule has 6 heteroatoms. The summed E-state index contributed by atoms with van der Waals surface area (Å²) in [6, 6.07) is 5.94. The second kappa shape index (κ2) is 5.71. The zero-order valence-corrected chi connectivity index (χ0v) is 11.6. The first kappa shape index (κ1) is 14.0. The van der Waals surface area contributed by atoms with E-state index in [1.807, 2.05) is 0 Å². The lowest BCUT2D eigenvalue weighted by Gasteiger charge is -2.09. The number of benzene rings is 1. The topological polar surface area (TPSA) is 72.5 Å². The fourth-order valence-corrected chi connectivity index (χ4v) is 2.57. The molecule has 0 spiro atoms. The Hall–Kier alpha value is -1.40. The van der Waals surface area contributed by atoms with Crippen molar-refractivity contribution in [2.24, 2.45) is 5.92 Å². The minimum absolute atomic E-state index is 0.188. The number of rotatable bonds is 4. The van der Waals surface area contributed by atoms with E-state index in [0.29, 0.717) is 24.6 Å². The van der Waals surface area contributed by atoms with E-state index in [0.717, 1.165) is 19.3 Å². The zero-order valence-electron chi connectivity index (χ0n) is 10.8. The molecule has 0 radical (unpaired) electrons. The molecule has 1 fully saturated rings. The number of carbonyl (C=O) groups excluding carboxylic acids is 1. The molecular formula is C13H17NO4S. The summed E-state index contributed by atoms with van der Waals surface area (Å²) >= 11 is 0. The normalized spacial score (nSPS) is 19.3. The van der Waals surface area contributed by atoms with Crippen molar-refractivity contribution in [3.63, 3.8) is 0 Å². The van der Waals surface area contributed by atoms with Gasteiger partial charge < -0.3 is 10.1 Å². The van der Waals surface area contributed by atoms with Crippen LogP contribution in [0.1, 0.15) is 16.8 Å². The zero-order chi connectivity index (χ0) is 13.9. The van der Waals surface area contributed by atoms with E-state index in [1.165, 1.54) is 24.3 Å². The molecule has 0 aromatic heterocycles. The maximum atomic E-state index is 11.9. The summed E-state index contributed by atoms with van der Waals surface area (Å²) in [5, 5.41) is 2.83. The van der Waals surface area contributed by atoms with E-state index in [-0.39, 0.29) is 10.8 Å². The standard InChI is InChI=1S/C13H17NO4S/c1-19(16,17)12-4-2-11(3-5-12)13(15)14-8-10-6-7-18-9-10/h2-5,10H,6-9H2,1H3,(H,14,15)/t10-/m1/s1. The average Bonchev–Trinajstić information content (AvgIpc) is 2.88. The molecule has 19 heavy (non-hydrogen) atoms. The van der Waals surface area contributed by atoms with Crippen LogP contribution in [0.25, 0.3) is 0 Å². The van der Waals surface area contributed by atoms with Crippen molar-refractivity contribution < 1.29 is 17.9 Å². The molecule has 0 saturated carbocycles. The Bertz CT molecular complexity index is 545. The van der Waals surface area contributed by atoms with Crippen LogP contribution in [-0.4, -0.2) is 40.3 Å². The summed E-state index contributed by atoms with van der Waals surface area (Å²) in [7, 11) is -3.22. The number of amides is 1. The van der Waals surface area contributed by atoms with E-state index in [4.69, 9.17) is 4.74 Å². The molecule has 1 amide bonds. The number of carbonyl (C=O) groups is 1. The molecule has 1 heterocycles. The monoisotopic (exact) mass is 283 g/mol. The van der Waals surface area contributed by atoms with Gasteiger partial charge in [0.15, 0.2) is 9.84 Å². The van der Waals surface area contributed by atoms with Crippen LogP contribution < -0.4 is 5.32 Å². The molecule has 1 aromatic carbocycles. The summed E-state index contributed by atoms with van der Waals surface area (Å²) in [6.45, 7) is 2.03. The maximum absolute atomic E-state index is 11.9. The van der Waals surface area contributed by atoms with E-state index in [9.17, 15) is 13.2 Å². The molecule has 1 N–H and O–H groups in total. The molecule has 1 aromatic rings. The van der Waals surface area contributed by atoms with Crippen molar-refractivity contribution >= 4 is 15.7 Å². The van der Waals surface area contributed by atoms with Crippen LogP contribution in [0.5, 0.6) is 0 Å². The third kappa shape index (κ3) is 3.78. The van der Waals surface area contributed by atoms with Gasteiger partial charge in [0.05, 0.1) is 11.5 Å². The molecule has 1 aliphatic rings. The van der Waals surface area contributed by atoms with Gasteiger partial charge in [0.25, 0.3) is 5.91 Å². The number of nitrogens with one attached hydrogen (secondary N) is 1. The first-order chi connectivity index (χ1) is 8.97. The highest BCUT2D eigenvalue weighted by atomic mass is 32.2. The molecule has 2 rings (SSSR count). The summed E-state index contributed by atoms with van der Waals surface area (Å²) < 4.78 is 27.8. The predicted molar refractivity (Wildman–Crippen MR) is 70.8 cm³/mol. The van der Waals surface area contributed by atoms with Crippen LogP contribution in [-0.2, 0) is 14.6 Å². The molecule has 0 bridgehead atoms. The Morgan fingerprint density at radius 1 is 1.37 bits per heavy atom. The van der Waals surface area contributed by atoms with Crippen LogP contribution in [0.3, 0.4) is 0 Å². The Labute approximate surface area is 112 Å². The van der Waals surface area contributed by atoms with Crippen LogP contribution in [0.4, 0.5) is 0 Å². The summed E-state index contributed by atoms with van der Waals surface area (Å²) in [5.74, 6) is 0.186. The average molecular weight is 283 g/mol. The summed E-state index contributed by atoms with van der Waals surface area (Å²) in [4.78, 5) is 12.1. The van der Waals surface area contributed by atoms with Crippen molar-refractivity contribution in [3.8, 4) is 0 Å². The number of hydrogen-bond acceptors (Lipinski definition) is 4. The van der Waals surface area contributed by atoms with Crippen LogP contribution in [0.2, 0.25) is 0 Å². The van der Waals surface area contributed by atoms with Gasteiger partial charge >= 0.3 is 0 Å². The van der Waals surface area contributed by atoms with E-state index in [1.54, 1.807) is 0 Å². The molecule has 1 saturated heterocycles. The Morgan fingerprint density at radius 2 is 2.05 bits per heavy atom. The lowest BCUT2D eigenvalue weighted by molar-refractivity contribution is 0.0945. The van der Waals surface area contributed by atoms with Gasteiger partial charge in [-0.25, -0.2) is 8.42 Å². The van der Waals surface area contributed by atoms with Gasteiger partial charge in [-0.3, -0.25) is 4.79 Å². The Kier molecular flexibility index (Phi) is 4.21. The fraction of sp³-hybridized carbons (Fsp3) is 0.462. The van der Waals surface area contributed by atoms with E-state index >= 15 is 0 Å². The quantitative estimate of drug-likeness (QED) is 0.889. The van der Waals surface area contributed by atoms with E-state index < -0.39 is 9.84 Å². The van der Waals surface area contributed by atoms with Gasteiger partial charge in [-0.05, 0) is 30.7 Å². The number of ether oxygens (including phenoxy) is 1.